The molecule has 11 heavy (non-hydrogen) atoms. The topological polar surface area (TPSA) is 0 Å². The van der Waals surface area contributed by atoms with Gasteiger partial charge in [0.2, 0.25) is 0 Å². The molecule has 1 saturated heterocycles. The highest BCUT2D eigenvalue weighted by Gasteiger charge is 1.97. The van der Waals surface area contributed by atoms with Crippen LogP contribution in [0.1, 0.15) is 34.1 Å². The van der Waals surface area contributed by atoms with Crippen LogP contribution in [0.3, 0.4) is 0 Å². The van der Waals surface area contributed by atoms with Gasteiger partial charge in [0.05, 0.1) is 5.08 Å². The predicted molar refractivity (Wildman–Crippen MR) is 70.2 cm³/mol. The molecule has 0 N–H and O–H groups in total. The van der Waals surface area contributed by atoms with Crippen LogP contribution in [0.15, 0.2) is 0 Å². The lowest BCUT2D eigenvalue weighted by atomic mass is 10.4. The summed E-state index contributed by atoms with van der Waals surface area (Å²) in [5.41, 5.74) is 0. The third kappa shape index (κ3) is 87.1. The number of hydrogen-bond donors (Lipinski definition) is 2. The number of unbranched alkanes of at least 4 members (excludes halogenated alkanes) is 1. The molecule has 1 aliphatic heterocycles. The maximum atomic E-state index is 3.65. The molecule has 72 valence electrons. The van der Waals surface area contributed by atoms with E-state index in [1.54, 1.807) is 0 Å². The van der Waals surface area contributed by atoms with Gasteiger partial charge >= 0.3 is 0 Å². The molecule has 0 amide bonds. The zero-order valence-corrected chi connectivity index (χ0v) is 9.96. The Morgan fingerprint density at radius 3 is 1.27 bits per heavy atom. The van der Waals surface area contributed by atoms with Gasteiger partial charge in [-0.1, -0.05) is 55.7 Å². The second kappa shape index (κ2) is 22.5. The molecular formula is C7H20S4. The molecule has 1 aliphatic rings. The van der Waals surface area contributed by atoms with Crippen LogP contribution in [0.2, 0.25) is 0 Å². The van der Waals surface area contributed by atoms with Gasteiger partial charge in [0.15, 0.2) is 0 Å². The van der Waals surface area contributed by atoms with Gasteiger partial charge in [-0.25, -0.2) is 0 Å². The van der Waals surface area contributed by atoms with E-state index in [-0.39, 0.29) is 7.43 Å². The van der Waals surface area contributed by atoms with Crippen molar-refractivity contribution in [3.63, 3.8) is 0 Å². The first-order valence-electron chi connectivity index (χ1n) is 3.29. The molecule has 0 aromatic heterocycles. The first-order valence-corrected chi connectivity index (χ1v) is 7.04. The van der Waals surface area contributed by atoms with Crippen LogP contribution in [-0.2, 0) is 0 Å². The molecule has 0 aliphatic carbocycles. The van der Waals surface area contributed by atoms with Crippen molar-refractivity contribution in [2.24, 2.45) is 0 Å². The van der Waals surface area contributed by atoms with E-state index in [9.17, 15) is 0 Å². The lowest BCUT2D eigenvalue weighted by molar-refractivity contribution is 0.886. The minimum absolute atomic E-state index is 0. The summed E-state index contributed by atoms with van der Waals surface area (Å²) >= 11 is 7.31. The zero-order chi connectivity index (χ0) is 8.24. The lowest BCUT2D eigenvalue weighted by Crippen LogP contribution is -1.47. The second-order valence-electron chi connectivity index (χ2n) is 1.49. The van der Waals surface area contributed by atoms with Gasteiger partial charge in [-0.2, -0.15) is 25.3 Å². The second-order valence-corrected chi connectivity index (χ2v) is 5.45. The van der Waals surface area contributed by atoms with E-state index in [1.807, 2.05) is 21.6 Å². The summed E-state index contributed by atoms with van der Waals surface area (Å²) in [5, 5.41) is 1.97. The van der Waals surface area contributed by atoms with E-state index >= 15 is 0 Å². The first kappa shape index (κ1) is 18.2. The minimum Gasteiger partial charge on any atom is -0.169 e. The van der Waals surface area contributed by atoms with Crippen LogP contribution in [0.4, 0.5) is 0 Å². The van der Waals surface area contributed by atoms with Gasteiger partial charge in [0, 0.05) is 5.08 Å². The van der Waals surface area contributed by atoms with Crippen LogP contribution in [0.5, 0.6) is 0 Å². The average Bonchev–Trinajstić information content (AvgIpc) is 2.73. The molecule has 0 spiro atoms. The minimum atomic E-state index is 0. The quantitative estimate of drug-likeness (QED) is 0.294. The van der Waals surface area contributed by atoms with Crippen molar-refractivity contribution in [3.05, 3.63) is 0 Å². The fourth-order valence-corrected chi connectivity index (χ4v) is 0. The maximum Gasteiger partial charge on any atom is 0.0600 e. The third-order valence-corrected chi connectivity index (χ3v) is 1.56. The normalized spacial score (nSPS) is 10.9. The summed E-state index contributed by atoms with van der Waals surface area (Å²) in [7, 11) is 3.83. The van der Waals surface area contributed by atoms with Crippen molar-refractivity contribution in [3.8, 4) is 0 Å². The Kier molecular flexibility index (Phi) is 37.3. The molecule has 0 atom stereocenters. The molecule has 4 heteroatoms. The van der Waals surface area contributed by atoms with Crippen LogP contribution < -0.4 is 0 Å². The van der Waals surface area contributed by atoms with E-state index < -0.39 is 0 Å². The number of hydrogen-bond acceptors (Lipinski definition) is 4. The van der Waals surface area contributed by atoms with Gasteiger partial charge in [-0.05, 0) is 0 Å². The van der Waals surface area contributed by atoms with Gasteiger partial charge < -0.3 is 0 Å². The van der Waals surface area contributed by atoms with Crippen molar-refractivity contribution >= 4 is 46.8 Å². The molecule has 1 heterocycles. The van der Waals surface area contributed by atoms with E-state index in [0.29, 0.717) is 5.08 Å². The summed E-state index contributed by atoms with van der Waals surface area (Å²) < 4.78 is 0. The Hall–Kier alpha value is 1.40. The summed E-state index contributed by atoms with van der Waals surface area (Å²) in [4.78, 5) is 0. The maximum absolute atomic E-state index is 3.65. The van der Waals surface area contributed by atoms with Crippen LogP contribution in [0.25, 0.3) is 0 Å². The first-order chi connectivity index (χ1) is 4.83. The molecular weight excluding hydrogens is 212 g/mol. The highest BCUT2D eigenvalue weighted by Crippen LogP contribution is 2.41. The predicted octanol–water partition coefficient (Wildman–Crippen LogP) is 4.58. The number of thiol groups is 2. The largest absolute Gasteiger partial charge is 0.169 e. The Balaban J connectivity index is -0.0000000843. The lowest BCUT2D eigenvalue weighted by Gasteiger charge is -1.68. The molecule has 0 radical (unpaired) electrons. The van der Waals surface area contributed by atoms with Gasteiger partial charge in [0.25, 0.3) is 0 Å². The van der Waals surface area contributed by atoms with Gasteiger partial charge in [0.1, 0.15) is 0 Å². The molecule has 0 aromatic carbocycles. The van der Waals surface area contributed by atoms with Crippen molar-refractivity contribution in [2.75, 3.05) is 10.2 Å². The fourth-order valence-electron chi connectivity index (χ4n) is 0. The van der Waals surface area contributed by atoms with Crippen LogP contribution in [0, 0.1) is 0 Å². The van der Waals surface area contributed by atoms with Crippen LogP contribution in [-0.4, -0.2) is 10.2 Å². The standard InChI is InChI=1S/C4H10.CH2S2.CH4S2.CH4/c1-3-4-2;1-2-3-1;2-1-3;/h3-4H2,1-2H3;1H2;2-3H,1H2;1H4. The van der Waals surface area contributed by atoms with E-state index in [4.69, 9.17) is 0 Å². The molecule has 0 bridgehead atoms. The average molecular weight is 233 g/mol. The summed E-state index contributed by atoms with van der Waals surface area (Å²) in [5.74, 6) is 0. The van der Waals surface area contributed by atoms with Crippen molar-refractivity contribution in [1.29, 1.82) is 0 Å². The number of rotatable bonds is 1. The molecule has 0 saturated carbocycles. The Morgan fingerprint density at radius 1 is 1.09 bits per heavy atom. The van der Waals surface area contributed by atoms with Crippen LogP contribution >= 0.6 is 46.8 Å². The molecule has 0 aromatic rings. The smallest absolute Gasteiger partial charge is 0.0600 e. The monoisotopic (exact) mass is 232 g/mol. The van der Waals surface area contributed by atoms with Gasteiger partial charge in [-0.3, -0.25) is 0 Å². The van der Waals surface area contributed by atoms with Gasteiger partial charge in [-0.15, -0.1) is 0 Å². The Bertz CT molecular complexity index is 34.7. The third-order valence-electron chi connectivity index (χ3n) is 0.618. The summed E-state index contributed by atoms with van der Waals surface area (Å²) in [6, 6.07) is 0. The van der Waals surface area contributed by atoms with Crippen molar-refractivity contribution in [1.82, 2.24) is 0 Å². The Labute approximate surface area is 90.9 Å². The Morgan fingerprint density at radius 2 is 1.27 bits per heavy atom. The summed E-state index contributed by atoms with van der Waals surface area (Å²) in [6.07, 6.45) is 2.64. The van der Waals surface area contributed by atoms with Crippen molar-refractivity contribution in [2.45, 2.75) is 34.1 Å². The van der Waals surface area contributed by atoms with E-state index in [2.05, 4.69) is 39.1 Å². The molecule has 1 rings (SSSR count). The molecule has 0 nitrogen and oxygen atoms in total. The van der Waals surface area contributed by atoms with E-state index in [1.165, 1.54) is 17.9 Å². The summed E-state index contributed by atoms with van der Waals surface area (Å²) in [6.45, 7) is 4.36. The zero-order valence-electron chi connectivity index (χ0n) is 6.54. The highest BCUT2D eigenvalue weighted by molar-refractivity contribution is 8.92. The highest BCUT2D eigenvalue weighted by atomic mass is 33.2. The fraction of sp³-hybridized carbons (Fsp3) is 1.00. The van der Waals surface area contributed by atoms with Crippen molar-refractivity contribution < 1.29 is 0 Å². The molecule has 1 fully saturated rings. The van der Waals surface area contributed by atoms with E-state index in [0.717, 1.165) is 0 Å². The SMILES string of the molecule is C.C1SS1.CCCC.SCS. The molecule has 0 unspecified atom stereocenters.